The van der Waals surface area contributed by atoms with Gasteiger partial charge in [0.05, 0.1) is 12.6 Å². The number of guanidine groups is 1. The zero-order chi connectivity index (χ0) is 18.4. The lowest BCUT2D eigenvalue weighted by molar-refractivity contribution is 0.288. The van der Waals surface area contributed by atoms with Gasteiger partial charge in [-0.15, -0.1) is 24.0 Å². The number of nitrogens with one attached hydrogen (secondary N) is 2. The van der Waals surface area contributed by atoms with Crippen LogP contribution >= 0.6 is 24.0 Å². The summed E-state index contributed by atoms with van der Waals surface area (Å²) < 4.78 is 5.75. The summed E-state index contributed by atoms with van der Waals surface area (Å²) in [5.74, 6) is 2.20. The van der Waals surface area contributed by atoms with Crippen molar-refractivity contribution in [3.8, 4) is 5.88 Å². The molecule has 1 fully saturated rings. The molecule has 5 nitrogen and oxygen atoms in total. The van der Waals surface area contributed by atoms with Gasteiger partial charge in [-0.05, 0) is 55.4 Å². The summed E-state index contributed by atoms with van der Waals surface area (Å²) in [5, 5.41) is 6.81. The number of aryl methyl sites for hydroxylation is 1. The molecular weight excluding hydrogens is 451 g/mol. The second kappa shape index (κ2) is 10.5. The number of hydrogen-bond donors (Lipinski definition) is 2. The molecule has 2 aromatic rings. The van der Waals surface area contributed by atoms with Crippen LogP contribution in [0.5, 0.6) is 5.88 Å². The van der Waals surface area contributed by atoms with E-state index in [0.717, 1.165) is 24.0 Å². The summed E-state index contributed by atoms with van der Waals surface area (Å²) in [5.41, 5.74) is 3.67. The third-order valence-electron chi connectivity index (χ3n) is 4.65. The molecule has 0 aliphatic heterocycles. The van der Waals surface area contributed by atoms with Gasteiger partial charge in [0.2, 0.25) is 5.88 Å². The molecule has 1 saturated carbocycles. The van der Waals surface area contributed by atoms with Crippen molar-refractivity contribution in [2.24, 2.45) is 10.9 Å². The molecular formula is C21H29IN4O. The number of rotatable bonds is 7. The molecule has 1 unspecified atom stereocenters. The average Bonchev–Trinajstić information content (AvgIpc) is 3.48. The number of ether oxygens (including phenoxy) is 1. The fraction of sp³-hybridized carbons (Fsp3) is 0.429. The predicted molar refractivity (Wildman–Crippen MR) is 121 cm³/mol. The summed E-state index contributed by atoms with van der Waals surface area (Å²) in [6, 6.07) is 12.6. The highest BCUT2D eigenvalue weighted by Crippen LogP contribution is 2.29. The monoisotopic (exact) mass is 480 g/mol. The highest BCUT2D eigenvalue weighted by atomic mass is 127. The van der Waals surface area contributed by atoms with E-state index in [0.29, 0.717) is 12.4 Å². The fourth-order valence-corrected chi connectivity index (χ4v) is 2.86. The molecule has 1 aromatic carbocycles. The van der Waals surface area contributed by atoms with E-state index >= 15 is 0 Å². The van der Waals surface area contributed by atoms with Gasteiger partial charge in [-0.25, -0.2) is 4.98 Å². The molecule has 146 valence electrons. The number of nitrogens with zero attached hydrogens (tertiary/aromatic N) is 2. The number of aromatic nitrogens is 1. The van der Waals surface area contributed by atoms with Crippen molar-refractivity contribution in [1.29, 1.82) is 0 Å². The summed E-state index contributed by atoms with van der Waals surface area (Å²) in [4.78, 5) is 8.62. The third-order valence-corrected chi connectivity index (χ3v) is 4.65. The SMILES string of the molecule is CN=C(NCc1ccnc(OCC2CC2)c1)NC(C)c1ccccc1C.I. The molecule has 1 aliphatic rings. The summed E-state index contributed by atoms with van der Waals surface area (Å²) >= 11 is 0. The average molecular weight is 480 g/mol. The van der Waals surface area contributed by atoms with Crippen molar-refractivity contribution < 1.29 is 4.74 Å². The van der Waals surface area contributed by atoms with E-state index in [9.17, 15) is 0 Å². The molecule has 1 aromatic heterocycles. The maximum atomic E-state index is 5.75. The highest BCUT2D eigenvalue weighted by molar-refractivity contribution is 14.0. The normalized spacial score (nSPS) is 14.9. The minimum Gasteiger partial charge on any atom is -0.477 e. The highest BCUT2D eigenvalue weighted by Gasteiger charge is 2.22. The van der Waals surface area contributed by atoms with E-state index in [1.165, 1.54) is 24.0 Å². The minimum atomic E-state index is 0. The van der Waals surface area contributed by atoms with Gasteiger partial charge in [-0.3, -0.25) is 4.99 Å². The van der Waals surface area contributed by atoms with Gasteiger partial charge in [0.15, 0.2) is 5.96 Å². The van der Waals surface area contributed by atoms with E-state index < -0.39 is 0 Å². The van der Waals surface area contributed by atoms with Crippen molar-refractivity contribution in [1.82, 2.24) is 15.6 Å². The first-order chi connectivity index (χ1) is 12.7. The van der Waals surface area contributed by atoms with Gasteiger partial charge in [0.25, 0.3) is 0 Å². The number of benzene rings is 1. The molecule has 0 radical (unpaired) electrons. The van der Waals surface area contributed by atoms with E-state index in [4.69, 9.17) is 4.74 Å². The number of pyridine rings is 1. The number of hydrogen-bond acceptors (Lipinski definition) is 3. The maximum absolute atomic E-state index is 5.75. The topological polar surface area (TPSA) is 58.5 Å². The molecule has 1 atom stereocenters. The molecule has 1 aliphatic carbocycles. The van der Waals surface area contributed by atoms with E-state index in [1.807, 2.05) is 12.1 Å². The number of aliphatic imine (C=N–C) groups is 1. The van der Waals surface area contributed by atoms with Crippen LogP contribution in [0.3, 0.4) is 0 Å². The van der Waals surface area contributed by atoms with Crippen LogP contribution in [0.15, 0.2) is 47.6 Å². The molecule has 0 amide bonds. The Balaban J connectivity index is 0.00000261. The van der Waals surface area contributed by atoms with Crippen molar-refractivity contribution in [2.75, 3.05) is 13.7 Å². The zero-order valence-electron chi connectivity index (χ0n) is 16.2. The molecule has 6 heteroatoms. The molecule has 1 heterocycles. The molecule has 0 spiro atoms. The standard InChI is InChI=1S/C21H28N4O.HI/c1-15-6-4-5-7-19(15)16(2)25-21(22-3)24-13-18-10-11-23-20(12-18)26-14-17-8-9-17;/h4-7,10-12,16-17H,8-9,13-14H2,1-3H3,(H2,22,24,25);1H. The van der Waals surface area contributed by atoms with Crippen LogP contribution in [-0.4, -0.2) is 24.6 Å². The zero-order valence-corrected chi connectivity index (χ0v) is 18.6. The Morgan fingerprint density at radius 2 is 2.07 bits per heavy atom. The largest absolute Gasteiger partial charge is 0.477 e. The van der Waals surface area contributed by atoms with Crippen LogP contribution in [0.1, 0.15) is 42.5 Å². The quantitative estimate of drug-likeness (QED) is 0.354. The summed E-state index contributed by atoms with van der Waals surface area (Å²) in [6.07, 6.45) is 4.36. The Labute approximate surface area is 179 Å². The first-order valence-corrected chi connectivity index (χ1v) is 9.26. The predicted octanol–water partition coefficient (Wildman–Crippen LogP) is 4.22. The Morgan fingerprint density at radius 1 is 1.30 bits per heavy atom. The third kappa shape index (κ3) is 6.68. The second-order valence-electron chi connectivity index (χ2n) is 6.91. The Hall–Kier alpha value is -1.83. The van der Waals surface area contributed by atoms with Crippen LogP contribution in [0.4, 0.5) is 0 Å². The van der Waals surface area contributed by atoms with E-state index in [2.05, 4.69) is 58.7 Å². The first-order valence-electron chi connectivity index (χ1n) is 9.26. The Morgan fingerprint density at radius 3 is 2.78 bits per heavy atom. The summed E-state index contributed by atoms with van der Waals surface area (Å²) in [7, 11) is 1.79. The molecule has 2 N–H and O–H groups in total. The van der Waals surface area contributed by atoms with Crippen molar-refractivity contribution in [2.45, 2.75) is 39.3 Å². The second-order valence-corrected chi connectivity index (χ2v) is 6.91. The van der Waals surface area contributed by atoms with Crippen molar-refractivity contribution in [3.63, 3.8) is 0 Å². The van der Waals surface area contributed by atoms with Crippen LogP contribution in [0.25, 0.3) is 0 Å². The van der Waals surface area contributed by atoms with Gasteiger partial charge >= 0.3 is 0 Å². The molecule has 0 bridgehead atoms. The lowest BCUT2D eigenvalue weighted by atomic mass is 10.0. The molecule has 27 heavy (non-hydrogen) atoms. The van der Waals surface area contributed by atoms with Crippen LogP contribution < -0.4 is 15.4 Å². The fourth-order valence-electron chi connectivity index (χ4n) is 2.86. The molecule has 3 rings (SSSR count). The van der Waals surface area contributed by atoms with Crippen molar-refractivity contribution >= 4 is 29.9 Å². The van der Waals surface area contributed by atoms with Gasteiger partial charge in [-0.2, -0.15) is 0 Å². The van der Waals surface area contributed by atoms with Crippen LogP contribution in [0.2, 0.25) is 0 Å². The lowest BCUT2D eigenvalue weighted by Crippen LogP contribution is -2.38. The van der Waals surface area contributed by atoms with Crippen LogP contribution in [-0.2, 0) is 6.54 Å². The van der Waals surface area contributed by atoms with Crippen LogP contribution in [0, 0.1) is 12.8 Å². The first kappa shape index (κ1) is 21.5. The maximum Gasteiger partial charge on any atom is 0.213 e. The van der Waals surface area contributed by atoms with Gasteiger partial charge < -0.3 is 15.4 Å². The number of halogens is 1. The van der Waals surface area contributed by atoms with Gasteiger partial charge in [0.1, 0.15) is 0 Å². The minimum absolute atomic E-state index is 0. The smallest absolute Gasteiger partial charge is 0.213 e. The van der Waals surface area contributed by atoms with Crippen molar-refractivity contribution in [3.05, 3.63) is 59.3 Å². The Bertz CT molecular complexity index is 761. The van der Waals surface area contributed by atoms with E-state index in [1.54, 1.807) is 13.2 Å². The van der Waals surface area contributed by atoms with E-state index in [-0.39, 0.29) is 30.0 Å². The lowest BCUT2D eigenvalue weighted by Gasteiger charge is -2.20. The molecule has 0 saturated heterocycles. The Kier molecular flexibility index (Phi) is 8.34. The van der Waals surface area contributed by atoms with Gasteiger partial charge in [0, 0.05) is 25.9 Å². The van der Waals surface area contributed by atoms with Gasteiger partial charge in [-0.1, -0.05) is 24.3 Å². The summed E-state index contributed by atoms with van der Waals surface area (Å²) in [6.45, 7) is 5.72.